The smallest absolute Gasteiger partial charge is 0.309 e. The normalized spacial score (nSPS) is 21.1. The Morgan fingerprint density at radius 3 is 2.31 bits per heavy atom. The maximum Gasteiger partial charge on any atom is 0.413 e. The molecule has 0 spiro atoms. The predicted octanol–water partition coefficient (Wildman–Crippen LogP) is 4.48. The molecule has 0 bridgehead atoms. The molecule has 26 heavy (non-hydrogen) atoms. The maximum absolute atomic E-state index is 12.8. The van der Waals surface area contributed by atoms with Gasteiger partial charge in [-0.05, 0) is 30.5 Å². The zero-order valence-electron chi connectivity index (χ0n) is 14.5. The van der Waals surface area contributed by atoms with E-state index >= 15 is 0 Å². The first kappa shape index (κ1) is 18.9. The summed E-state index contributed by atoms with van der Waals surface area (Å²) in [5.41, 5.74) is 1.98. The fourth-order valence-electron chi connectivity index (χ4n) is 3.36. The number of hydroxylamine groups is 2. The van der Waals surface area contributed by atoms with E-state index in [1.807, 2.05) is 60.7 Å². The summed E-state index contributed by atoms with van der Waals surface area (Å²) < 4.78 is 38.3. The van der Waals surface area contributed by atoms with Crippen LogP contribution in [0.2, 0.25) is 0 Å². The number of rotatable bonds is 6. The number of alkyl halides is 3. The molecule has 1 heterocycles. The van der Waals surface area contributed by atoms with E-state index < -0.39 is 12.8 Å². The van der Waals surface area contributed by atoms with E-state index in [0.717, 1.165) is 30.5 Å². The molecule has 0 amide bonds. The molecular formula is C20H23F3N2O. The minimum Gasteiger partial charge on any atom is -0.309 e. The molecule has 2 aromatic carbocycles. The average molecular weight is 364 g/mol. The van der Waals surface area contributed by atoms with E-state index in [1.165, 1.54) is 5.06 Å². The van der Waals surface area contributed by atoms with Gasteiger partial charge >= 0.3 is 6.18 Å². The van der Waals surface area contributed by atoms with Crippen LogP contribution in [0.1, 0.15) is 30.0 Å². The van der Waals surface area contributed by atoms with Gasteiger partial charge in [0, 0.05) is 6.54 Å². The first-order valence-corrected chi connectivity index (χ1v) is 8.81. The Balaban J connectivity index is 1.82. The number of nitrogens with zero attached hydrogens (tertiary/aromatic N) is 1. The van der Waals surface area contributed by atoms with Crippen molar-refractivity contribution in [2.45, 2.75) is 37.6 Å². The summed E-state index contributed by atoms with van der Waals surface area (Å²) in [5, 5.41) is 4.95. The van der Waals surface area contributed by atoms with Crippen molar-refractivity contribution in [1.82, 2.24) is 10.4 Å². The number of nitrogens with one attached hydrogen (secondary N) is 1. The second kappa shape index (κ2) is 8.66. The molecule has 0 radical (unpaired) electrons. The second-order valence-electron chi connectivity index (χ2n) is 6.50. The van der Waals surface area contributed by atoms with Crippen molar-refractivity contribution in [2.75, 3.05) is 13.2 Å². The van der Waals surface area contributed by atoms with Crippen molar-refractivity contribution in [2.24, 2.45) is 0 Å². The maximum atomic E-state index is 12.8. The van der Waals surface area contributed by atoms with Gasteiger partial charge in [0.25, 0.3) is 0 Å². The molecule has 3 rings (SSSR count). The lowest BCUT2D eigenvalue weighted by Gasteiger charge is -2.40. The van der Waals surface area contributed by atoms with E-state index in [9.17, 15) is 13.2 Å². The van der Waals surface area contributed by atoms with Crippen LogP contribution in [0.4, 0.5) is 13.2 Å². The predicted molar refractivity (Wildman–Crippen MR) is 94.2 cm³/mol. The van der Waals surface area contributed by atoms with Crippen molar-refractivity contribution < 1.29 is 18.0 Å². The van der Waals surface area contributed by atoms with Crippen LogP contribution in [0.25, 0.3) is 0 Å². The van der Waals surface area contributed by atoms with Gasteiger partial charge in [0.2, 0.25) is 0 Å². The van der Waals surface area contributed by atoms with Gasteiger partial charge in [-0.15, -0.1) is 0 Å². The molecule has 1 fully saturated rings. The molecule has 6 heteroatoms. The van der Waals surface area contributed by atoms with Gasteiger partial charge in [-0.25, -0.2) is 0 Å². The molecule has 2 atom stereocenters. The van der Waals surface area contributed by atoms with Gasteiger partial charge in [0.05, 0.1) is 12.1 Å². The highest BCUT2D eigenvalue weighted by molar-refractivity contribution is 5.22. The van der Waals surface area contributed by atoms with Crippen molar-refractivity contribution in [3.05, 3.63) is 71.8 Å². The average Bonchev–Trinajstić information content (AvgIpc) is 2.66. The number of benzene rings is 2. The van der Waals surface area contributed by atoms with Crippen LogP contribution in [0.5, 0.6) is 0 Å². The number of piperidine rings is 1. The fraction of sp³-hybridized carbons (Fsp3) is 0.400. The van der Waals surface area contributed by atoms with Gasteiger partial charge < -0.3 is 5.32 Å². The Hall–Kier alpha value is -1.89. The highest BCUT2D eigenvalue weighted by Gasteiger charge is 2.35. The summed E-state index contributed by atoms with van der Waals surface area (Å²) in [5.74, 6) is 0. The molecular weight excluding hydrogens is 341 g/mol. The second-order valence-corrected chi connectivity index (χ2v) is 6.50. The van der Waals surface area contributed by atoms with Crippen molar-refractivity contribution >= 4 is 0 Å². The molecule has 2 aromatic rings. The minimum atomic E-state index is -4.36. The third kappa shape index (κ3) is 5.30. The summed E-state index contributed by atoms with van der Waals surface area (Å²) in [4.78, 5) is 5.27. The molecule has 1 aliphatic heterocycles. The molecule has 0 saturated carbocycles. The van der Waals surface area contributed by atoms with Gasteiger partial charge in [-0.3, -0.25) is 4.84 Å². The fourth-order valence-corrected chi connectivity index (χ4v) is 3.36. The zero-order chi connectivity index (χ0) is 18.4. The zero-order valence-corrected chi connectivity index (χ0v) is 14.5. The molecule has 0 unspecified atom stereocenters. The highest BCUT2D eigenvalue weighted by atomic mass is 19.4. The monoisotopic (exact) mass is 364 g/mol. The standard InChI is InChI=1S/C20H23F3N2O/c21-20(22,23)15-26-25(14-16-8-3-1-4-9-16)18-12-7-13-24-19(18)17-10-5-2-6-11-17/h1-6,8-11,18-19,24H,7,12-15H2/t18-,19-/m0/s1. The highest BCUT2D eigenvalue weighted by Crippen LogP contribution is 2.30. The van der Waals surface area contributed by atoms with Crippen molar-refractivity contribution in [3.63, 3.8) is 0 Å². The van der Waals surface area contributed by atoms with E-state index in [1.54, 1.807) is 0 Å². The van der Waals surface area contributed by atoms with E-state index in [4.69, 9.17) is 4.84 Å². The largest absolute Gasteiger partial charge is 0.413 e. The molecule has 1 aliphatic rings. The summed E-state index contributed by atoms with van der Waals surface area (Å²) in [6, 6.07) is 19.0. The molecule has 0 aliphatic carbocycles. The van der Waals surface area contributed by atoms with Gasteiger partial charge in [0.15, 0.2) is 6.61 Å². The van der Waals surface area contributed by atoms with Crippen LogP contribution in [0, 0.1) is 0 Å². The molecule has 0 aromatic heterocycles. The van der Waals surface area contributed by atoms with Crippen LogP contribution < -0.4 is 5.32 Å². The number of halogens is 3. The molecule has 3 nitrogen and oxygen atoms in total. The first-order chi connectivity index (χ1) is 12.5. The summed E-state index contributed by atoms with van der Waals surface area (Å²) in [6.07, 6.45) is -2.69. The van der Waals surface area contributed by atoms with Crippen molar-refractivity contribution in [1.29, 1.82) is 0 Å². The Morgan fingerprint density at radius 2 is 1.65 bits per heavy atom. The number of hydrogen-bond donors (Lipinski definition) is 1. The Morgan fingerprint density at radius 1 is 1.00 bits per heavy atom. The molecule has 140 valence electrons. The SMILES string of the molecule is FC(F)(F)CON(Cc1ccccc1)[C@H]1CCCN[C@H]1c1ccccc1. The van der Waals surface area contributed by atoms with Crippen LogP contribution in [0.15, 0.2) is 60.7 Å². The first-order valence-electron chi connectivity index (χ1n) is 8.81. The van der Waals surface area contributed by atoms with E-state index in [2.05, 4.69) is 5.32 Å². The Labute approximate surface area is 151 Å². The summed E-state index contributed by atoms with van der Waals surface area (Å²) in [7, 11) is 0. The van der Waals surface area contributed by atoms with Gasteiger partial charge in [0.1, 0.15) is 0 Å². The van der Waals surface area contributed by atoms with Gasteiger partial charge in [-0.1, -0.05) is 60.7 Å². The summed E-state index contributed by atoms with van der Waals surface area (Å²) >= 11 is 0. The van der Waals surface area contributed by atoms with Gasteiger partial charge in [-0.2, -0.15) is 18.2 Å². The minimum absolute atomic E-state index is 0.0677. The van der Waals surface area contributed by atoms with Crippen LogP contribution >= 0.6 is 0 Å². The third-order valence-electron chi connectivity index (χ3n) is 4.53. The lowest BCUT2D eigenvalue weighted by Crippen LogP contribution is -2.48. The van der Waals surface area contributed by atoms with Crippen molar-refractivity contribution in [3.8, 4) is 0 Å². The van der Waals surface area contributed by atoms with E-state index in [0.29, 0.717) is 6.54 Å². The van der Waals surface area contributed by atoms with Crippen LogP contribution in [-0.2, 0) is 11.4 Å². The third-order valence-corrected chi connectivity index (χ3v) is 4.53. The number of hydrogen-bond acceptors (Lipinski definition) is 3. The lowest BCUT2D eigenvalue weighted by atomic mass is 9.92. The topological polar surface area (TPSA) is 24.5 Å². The van der Waals surface area contributed by atoms with Crippen LogP contribution in [-0.4, -0.2) is 30.4 Å². The van der Waals surface area contributed by atoms with Crippen LogP contribution in [0.3, 0.4) is 0 Å². The summed E-state index contributed by atoms with van der Waals surface area (Å²) in [6.45, 7) is -0.126. The quantitative estimate of drug-likeness (QED) is 0.765. The molecule has 1 N–H and O–H groups in total. The lowest BCUT2D eigenvalue weighted by molar-refractivity contribution is -0.274. The Kier molecular flexibility index (Phi) is 6.29. The molecule has 1 saturated heterocycles. The van der Waals surface area contributed by atoms with E-state index in [-0.39, 0.29) is 12.1 Å². The Bertz CT molecular complexity index is 664.